The third-order valence-electron chi connectivity index (χ3n) is 20.6. The van der Waals surface area contributed by atoms with Gasteiger partial charge >= 0.3 is 17.8 Å². The number of Topliss-reactive ketones (excluding diaryl/α,β-unsaturated/α-hetero) is 1. The van der Waals surface area contributed by atoms with Crippen LogP contribution < -0.4 is 52.1 Å². The van der Waals surface area contributed by atoms with Crippen molar-refractivity contribution in [3.05, 3.63) is 112 Å². The monoisotopic (exact) mass is 1500 g/mol. The van der Waals surface area contributed by atoms with Gasteiger partial charge in [0.2, 0.25) is 23.2 Å². The van der Waals surface area contributed by atoms with Crippen LogP contribution in [0.1, 0.15) is 135 Å². The number of carbonyl (C=O) groups is 9. The lowest BCUT2D eigenvalue weighted by Gasteiger charge is -2.38. The maximum atomic E-state index is 15.5. The molecular formula is C78H100N10O18S. The molecule has 5 aliphatic heterocycles. The Balaban J connectivity index is 1.07. The largest absolute Gasteiger partial charge is 0.507 e. The molecule has 3 aromatic carbocycles. The Morgan fingerprint density at radius 3 is 2.21 bits per heavy atom. The lowest BCUT2D eigenvalue weighted by molar-refractivity contribution is -0.160. The molecule has 1 saturated heterocycles. The van der Waals surface area contributed by atoms with Gasteiger partial charge in [0.25, 0.3) is 23.5 Å². The molecule has 0 saturated carbocycles. The molecule has 0 radical (unpaired) electrons. The van der Waals surface area contributed by atoms with Crippen LogP contribution in [0.25, 0.3) is 31.6 Å². The molecule has 6 aliphatic rings. The number of amides is 8. The van der Waals surface area contributed by atoms with Gasteiger partial charge in [-0.05, 0) is 102 Å². The molecule has 28 nitrogen and oxygen atoms in total. The number of hydrogen-bond acceptors (Lipinski definition) is 22. The van der Waals surface area contributed by atoms with Crippen LogP contribution in [0, 0.1) is 36.5 Å². The number of carbonyl (C=O) groups excluding carboxylic acids is 9. The van der Waals surface area contributed by atoms with Crippen molar-refractivity contribution in [2.24, 2.45) is 35.3 Å². The normalized spacial score (nSPS) is 24.1. The Bertz CT molecular complexity index is 4340. The second kappa shape index (κ2) is 35.3. The fraction of sp³-hybridized carbons (Fsp3) is 0.500. The van der Waals surface area contributed by atoms with E-state index in [2.05, 4.69) is 36.4 Å². The summed E-state index contributed by atoms with van der Waals surface area (Å²) in [6.07, 6.45) is 9.29. The van der Waals surface area contributed by atoms with Crippen molar-refractivity contribution >= 4 is 103 Å². The number of imide groups is 1. The van der Waals surface area contributed by atoms with Gasteiger partial charge in [0.05, 0.1) is 50.8 Å². The first-order chi connectivity index (χ1) is 50.7. The van der Waals surface area contributed by atoms with E-state index in [4.69, 9.17) is 34.4 Å². The van der Waals surface area contributed by atoms with E-state index >= 15 is 9.59 Å². The molecular weight excluding hydrogens is 1400 g/mol. The van der Waals surface area contributed by atoms with Crippen LogP contribution in [0.2, 0.25) is 0 Å². The zero-order valence-corrected chi connectivity index (χ0v) is 63.7. The summed E-state index contributed by atoms with van der Waals surface area (Å²) in [6.45, 7) is 17.6. The molecule has 1 fully saturated rings. The fourth-order valence-electron chi connectivity index (χ4n) is 14.1. The standard InChI is InChI=1S/C78H100N10O18S/c1-40(2)62(83-56(90)22-15-14-16-33-88-57(91)27-28-58(88)92)76(100)82-52(21-18-32-80-77(79)101)75(99)81-49-25-23-48(24-26-49)39-103-54-37-51(87-34-29-50(30-35-87)86(11)12)38-55-63(54)84-64-59-60-68(95)46(8)71-61(59)73(97)78(10,106-71)104-36-31-53(102-13)43(5)70(105-47(9)89)45(7)67(94)44(6)66(93)41(3)19-17-20-42(4)74(98)85-65(69(60)96)72(64)107-55/h17,19-20,23-28,31,36-38,40-41,43-45,50,52-53,62,66-67,70,93-95H,14-16,18,21-22,29-30,32-35,39H2,1-13H3,(H,81,99)(H,82,100)(H,83,90)(H,85,98)(H3,79,80,101)/b19-17+,36-31+,42-20-/t41-,43+,44+,45+,52-,53-,62?,66-,67+,70+,78-/m0/s1. The number of ketones is 1. The molecule has 29 heteroatoms. The van der Waals surface area contributed by atoms with E-state index in [0.29, 0.717) is 54.3 Å². The molecule has 4 bridgehead atoms. The van der Waals surface area contributed by atoms with Crippen molar-refractivity contribution in [2.45, 2.75) is 176 Å². The number of nitrogens with two attached hydrogens (primary N) is 1. The third kappa shape index (κ3) is 18.8. The van der Waals surface area contributed by atoms with Crippen molar-refractivity contribution in [1.82, 2.24) is 30.7 Å². The minimum absolute atomic E-state index is 0.0119. The van der Waals surface area contributed by atoms with Gasteiger partial charge in [0, 0.05) is 129 Å². The van der Waals surface area contributed by atoms with E-state index in [1.54, 1.807) is 78.0 Å². The summed E-state index contributed by atoms with van der Waals surface area (Å²) in [5.41, 5.74) is 6.32. The molecule has 107 heavy (non-hydrogen) atoms. The lowest BCUT2D eigenvalue weighted by atomic mass is 9.78. The number of primary amides is 1. The summed E-state index contributed by atoms with van der Waals surface area (Å²) in [6, 6.07) is 7.97. The highest BCUT2D eigenvalue weighted by atomic mass is 32.1. The highest BCUT2D eigenvalue weighted by Crippen LogP contribution is 2.52. The van der Waals surface area contributed by atoms with Crippen LogP contribution in [-0.4, -0.2) is 179 Å². The Hall–Kier alpha value is -9.81. The molecule has 5 heterocycles. The average Bonchev–Trinajstić information content (AvgIpc) is 1.65. The zero-order chi connectivity index (χ0) is 78.0. The number of rotatable bonds is 23. The number of unbranched alkanes of at least 4 members (excludes halogenated alkanes) is 2. The first-order valence-electron chi connectivity index (χ1n) is 36.3. The lowest BCUT2D eigenvalue weighted by Crippen LogP contribution is -2.54. The Kier molecular flexibility index (Phi) is 26.8. The number of hydrogen-bond donors (Lipinski definition) is 9. The Morgan fingerprint density at radius 2 is 1.57 bits per heavy atom. The molecule has 1 unspecified atom stereocenters. The molecule has 0 spiro atoms. The zero-order valence-electron chi connectivity index (χ0n) is 62.9. The fourth-order valence-corrected chi connectivity index (χ4v) is 15.2. The van der Waals surface area contributed by atoms with E-state index in [9.17, 15) is 53.7 Å². The van der Waals surface area contributed by atoms with Crippen molar-refractivity contribution in [1.29, 1.82) is 0 Å². The minimum Gasteiger partial charge on any atom is -0.507 e. The number of aliphatic hydroxyl groups is 2. The molecule has 9 rings (SSSR count). The highest BCUT2D eigenvalue weighted by Gasteiger charge is 2.50. The van der Waals surface area contributed by atoms with Gasteiger partial charge in [-0.2, -0.15) is 0 Å². The number of methoxy groups -OCH3 is 1. The number of aromatic hydroxyl groups is 1. The number of allylic oxidation sites excluding steroid dienone is 2. The number of nitrogens with one attached hydrogen (secondary N) is 5. The predicted octanol–water partition coefficient (Wildman–Crippen LogP) is 8.03. The van der Waals surface area contributed by atoms with E-state index in [1.807, 2.05) is 26.2 Å². The quantitative estimate of drug-likeness (QED) is 0.00982. The summed E-state index contributed by atoms with van der Waals surface area (Å²) in [7, 11) is 5.52. The number of fused-ring (bicyclic) bond motifs is 2. The van der Waals surface area contributed by atoms with Crippen LogP contribution in [0.4, 0.5) is 21.9 Å². The van der Waals surface area contributed by atoms with Crippen molar-refractivity contribution in [3.8, 4) is 27.8 Å². The van der Waals surface area contributed by atoms with E-state index in [1.165, 1.54) is 65.4 Å². The number of ether oxygens (including phenoxy) is 5. The summed E-state index contributed by atoms with van der Waals surface area (Å²) >= 11 is 1.11. The SMILES string of the molecule is CO[C@H]1/C=C/O[C@@]2(C)Oc3c(C)c(O)c4c(=O)c(c5sc6cc(N7CCC(N(C)C)CC7)cc(OCc7ccc(NC(=O)[C@H](CCCNC(N)=O)NC(=O)C(NC(=O)CCCCCN8C(=O)C=CC8=O)C(C)C)cc7)c6nc-5c4c3C2=O)NC(=O)/C(C)=C\C=C\[C@H](C)[C@H](O)[C@@H](C)[C@@H](O)[C@@H](C)[C@H](OC(C)=O)[C@@H]1C. The summed E-state index contributed by atoms with van der Waals surface area (Å²) < 4.78 is 31.8. The van der Waals surface area contributed by atoms with Crippen LogP contribution in [-0.2, 0) is 54.4 Å². The number of urea groups is 1. The van der Waals surface area contributed by atoms with Crippen molar-refractivity contribution < 1.29 is 82.2 Å². The number of anilines is 3. The average molecular weight is 1500 g/mol. The molecule has 8 amide bonds. The van der Waals surface area contributed by atoms with E-state index < -0.39 is 124 Å². The van der Waals surface area contributed by atoms with E-state index in [0.717, 1.165) is 34.8 Å². The van der Waals surface area contributed by atoms with Crippen LogP contribution in [0.3, 0.4) is 0 Å². The Morgan fingerprint density at radius 1 is 0.879 bits per heavy atom. The molecule has 10 N–H and O–H groups in total. The van der Waals surface area contributed by atoms with Gasteiger partial charge < -0.3 is 81.1 Å². The molecule has 3 aromatic rings. The Labute approximate surface area is 625 Å². The smallest absolute Gasteiger partial charge is 0.312 e. The molecule has 11 atom stereocenters. The summed E-state index contributed by atoms with van der Waals surface area (Å²) in [5, 5.41) is 49.2. The van der Waals surface area contributed by atoms with Gasteiger partial charge in [0.1, 0.15) is 53.2 Å². The van der Waals surface area contributed by atoms with E-state index in [-0.39, 0.29) is 112 Å². The molecule has 0 aromatic heterocycles. The summed E-state index contributed by atoms with van der Waals surface area (Å²) in [4.78, 5) is 146. The number of phenols is 1. The number of phenolic OH excluding ortho intramolecular Hbond substituents is 1. The number of nitrogens with zero attached hydrogens (tertiary/aromatic N) is 4. The summed E-state index contributed by atoms with van der Waals surface area (Å²) in [5.74, 6) is -10.1. The second-order valence-electron chi connectivity index (χ2n) is 28.9. The topological polar surface area (TPSA) is 386 Å². The van der Waals surface area contributed by atoms with Crippen LogP contribution in [0.15, 0.2) is 89.5 Å². The first kappa shape index (κ1) is 81.3. The van der Waals surface area contributed by atoms with Gasteiger partial charge in [-0.1, -0.05) is 78.3 Å². The van der Waals surface area contributed by atoms with Gasteiger partial charge in [0.15, 0.2) is 0 Å². The number of aliphatic hydroxyl groups excluding tert-OH is 2. The second-order valence-corrected chi connectivity index (χ2v) is 30.0. The van der Waals surface area contributed by atoms with Gasteiger partial charge in [-0.25, -0.2) is 9.78 Å². The van der Waals surface area contributed by atoms with Crippen LogP contribution in [0.5, 0.6) is 17.2 Å². The third-order valence-corrected chi connectivity index (χ3v) is 21.8. The van der Waals surface area contributed by atoms with Gasteiger partial charge in [-0.3, -0.25) is 48.1 Å². The predicted molar refractivity (Wildman–Crippen MR) is 405 cm³/mol. The number of aromatic nitrogens is 1. The minimum atomic E-state index is -2.15. The van der Waals surface area contributed by atoms with Crippen LogP contribution >= 0.6 is 11.3 Å². The molecule has 1 aliphatic carbocycles. The number of benzene rings is 4. The number of esters is 1. The van der Waals surface area contributed by atoms with Crippen molar-refractivity contribution in [2.75, 3.05) is 62.9 Å². The number of piperidine rings is 1. The maximum absolute atomic E-state index is 15.5. The highest BCUT2D eigenvalue weighted by molar-refractivity contribution is 7.22. The molecule has 576 valence electrons. The maximum Gasteiger partial charge on any atom is 0.312 e. The first-order valence-corrected chi connectivity index (χ1v) is 37.1. The van der Waals surface area contributed by atoms with Crippen molar-refractivity contribution in [3.63, 3.8) is 0 Å². The van der Waals surface area contributed by atoms with Gasteiger partial charge in [-0.15, -0.1) is 11.3 Å².